The molecule has 8 aromatic rings. The van der Waals surface area contributed by atoms with Crippen LogP contribution in [-0.4, -0.2) is 19.9 Å². The van der Waals surface area contributed by atoms with E-state index in [1.54, 1.807) is 24.8 Å². The van der Waals surface area contributed by atoms with Gasteiger partial charge in [-0.2, -0.15) is 0 Å². The van der Waals surface area contributed by atoms with Gasteiger partial charge in [0.05, 0.1) is 58.9 Å². The van der Waals surface area contributed by atoms with Crippen molar-refractivity contribution in [1.82, 2.24) is 19.9 Å². The highest BCUT2D eigenvalue weighted by molar-refractivity contribution is 6.28. The summed E-state index contributed by atoms with van der Waals surface area (Å²) in [5.74, 6) is 0. The number of hydrogen-bond acceptors (Lipinski definition) is 6. The molecule has 0 spiro atoms. The molecule has 198 valence electrons. The Labute approximate surface area is 242 Å². The Balaban J connectivity index is 1.42. The van der Waals surface area contributed by atoms with Gasteiger partial charge < -0.3 is 9.80 Å². The Morgan fingerprint density at radius 2 is 0.690 bits per heavy atom. The molecule has 0 fully saturated rings. The fourth-order valence-corrected chi connectivity index (χ4v) is 5.96. The van der Waals surface area contributed by atoms with Gasteiger partial charge in [-0.3, -0.25) is 19.9 Å². The summed E-state index contributed by atoms with van der Waals surface area (Å²) < 4.78 is 0. The zero-order chi connectivity index (χ0) is 27.9. The summed E-state index contributed by atoms with van der Waals surface area (Å²) in [7, 11) is 0. The molecule has 4 heterocycles. The lowest BCUT2D eigenvalue weighted by atomic mass is 9.92. The lowest BCUT2D eigenvalue weighted by Gasteiger charge is -2.28. The molecule has 6 nitrogen and oxygen atoms in total. The quantitative estimate of drug-likeness (QED) is 0.196. The van der Waals surface area contributed by atoms with Gasteiger partial charge in [0.15, 0.2) is 0 Å². The maximum atomic E-state index is 4.43. The molecule has 0 aliphatic heterocycles. The van der Waals surface area contributed by atoms with Crippen molar-refractivity contribution in [2.75, 3.05) is 9.80 Å². The number of pyridine rings is 4. The number of rotatable bonds is 6. The number of nitrogens with zero attached hydrogens (tertiary/aromatic N) is 6. The molecule has 0 saturated heterocycles. The molecule has 0 atom stereocenters. The van der Waals surface area contributed by atoms with E-state index >= 15 is 0 Å². The van der Waals surface area contributed by atoms with Crippen LogP contribution in [0.5, 0.6) is 0 Å². The Hall–Kier alpha value is -5.88. The molecule has 0 saturated carbocycles. The maximum Gasteiger partial charge on any atom is 0.0645 e. The van der Waals surface area contributed by atoms with Gasteiger partial charge in [-0.15, -0.1) is 0 Å². The van der Waals surface area contributed by atoms with Crippen molar-refractivity contribution in [1.29, 1.82) is 0 Å². The normalized spacial score (nSPS) is 11.3. The first-order valence-corrected chi connectivity index (χ1v) is 13.8. The fourth-order valence-electron chi connectivity index (χ4n) is 5.96. The van der Waals surface area contributed by atoms with Crippen LogP contribution in [0, 0.1) is 0 Å². The van der Waals surface area contributed by atoms with Crippen LogP contribution in [0.2, 0.25) is 0 Å². The Bertz CT molecular complexity index is 1900. The topological polar surface area (TPSA) is 58.0 Å². The zero-order valence-corrected chi connectivity index (χ0v) is 22.5. The molecule has 0 aliphatic rings. The average Bonchev–Trinajstić information content (AvgIpc) is 3.07. The van der Waals surface area contributed by atoms with Crippen molar-refractivity contribution in [3.05, 3.63) is 147 Å². The minimum absolute atomic E-state index is 0.973. The molecular formula is C36H24N6. The van der Waals surface area contributed by atoms with Crippen LogP contribution < -0.4 is 9.80 Å². The highest BCUT2D eigenvalue weighted by Gasteiger charge is 2.21. The van der Waals surface area contributed by atoms with E-state index in [1.165, 1.54) is 21.5 Å². The molecule has 0 bridgehead atoms. The van der Waals surface area contributed by atoms with Crippen LogP contribution >= 0.6 is 0 Å². The fraction of sp³-hybridized carbons (Fsp3) is 0. The van der Waals surface area contributed by atoms with E-state index < -0.39 is 0 Å². The standard InChI is InChI=1S/C36H24N6/c1-5-27(21-37-17-1)41(28-6-2-18-38-22-28)33-15-11-25-10-14-32-34(16-12-26-9-13-31(33)35(25)36(26)32)42(29-7-3-19-39-23-29)30-8-4-20-40-24-30/h1-24H. The zero-order valence-electron chi connectivity index (χ0n) is 22.5. The van der Waals surface area contributed by atoms with Gasteiger partial charge in [-0.1, -0.05) is 36.4 Å². The van der Waals surface area contributed by atoms with E-state index in [-0.39, 0.29) is 0 Å². The molecule has 6 heteroatoms. The number of benzene rings is 4. The minimum atomic E-state index is 0.973. The van der Waals surface area contributed by atoms with Gasteiger partial charge in [0, 0.05) is 35.6 Å². The van der Waals surface area contributed by atoms with E-state index in [2.05, 4.69) is 103 Å². The van der Waals surface area contributed by atoms with Crippen molar-refractivity contribution >= 4 is 66.4 Å². The molecule has 4 aromatic carbocycles. The van der Waals surface area contributed by atoms with Gasteiger partial charge in [0.25, 0.3) is 0 Å². The van der Waals surface area contributed by atoms with Crippen LogP contribution in [-0.2, 0) is 0 Å². The molecule has 0 aliphatic carbocycles. The van der Waals surface area contributed by atoms with Crippen molar-refractivity contribution in [2.45, 2.75) is 0 Å². The highest BCUT2D eigenvalue weighted by Crippen LogP contribution is 2.46. The summed E-state index contributed by atoms with van der Waals surface area (Å²) in [6.45, 7) is 0. The molecular weight excluding hydrogens is 516 g/mol. The predicted molar refractivity (Wildman–Crippen MR) is 171 cm³/mol. The number of aromatic nitrogens is 4. The van der Waals surface area contributed by atoms with Crippen molar-refractivity contribution < 1.29 is 0 Å². The van der Waals surface area contributed by atoms with Crippen LogP contribution in [0.4, 0.5) is 34.1 Å². The van der Waals surface area contributed by atoms with E-state index in [0.717, 1.165) is 44.9 Å². The van der Waals surface area contributed by atoms with Gasteiger partial charge in [0.1, 0.15) is 0 Å². The second-order valence-electron chi connectivity index (χ2n) is 10.1. The largest absolute Gasteiger partial charge is 0.307 e. The smallest absolute Gasteiger partial charge is 0.0645 e. The third-order valence-electron chi connectivity index (χ3n) is 7.72. The Morgan fingerprint density at radius 3 is 1.00 bits per heavy atom. The first-order valence-electron chi connectivity index (χ1n) is 13.8. The lowest BCUT2D eigenvalue weighted by Crippen LogP contribution is -2.12. The monoisotopic (exact) mass is 540 g/mol. The van der Waals surface area contributed by atoms with Gasteiger partial charge in [-0.25, -0.2) is 0 Å². The minimum Gasteiger partial charge on any atom is -0.307 e. The summed E-state index contributed by atoms with van der Waals surface area (Å²) in [5, 5.41) is 7.14. The molecule has 8 rings (SSSR count). The molecule has 4 aromatic heterocycles. The predicted octanol–water partition coefficient (Wildman–Crippen LogP) is 9.10. The second kappa shape index (κ2) is 9.94. The van der Waals surface area contributed by atoms with Crippen molar-refractivity contribution in [3.8, 4) is 0 Å². The van der Waals surface area contributed by atoms with Crippen LogP contribution in [0.15, 0.2) is 147 Å². The summed E-state index contributed by atoms with van der Waals surface area (Å²) in [4.78, 5) is 22.2. The van der Waals surface area contributed by atoms with Crippen LogP contribution in [0.25, 0.3) is 32.3 Å². The van der Waals surface area contributed by atoms with E-state index in [9.17, 15) is 0 Å². The number of hydrogen-bond donors (Lipinski definition) is 0. The van der Waals surface area contributed by atoms with E-state index in [1.807, 2.05) is 49.1 Å². The number of anilines is 6. The average molecular weight is 541 g/mol. The van der Waals surface area contributed by atoms with Gasteiger partial charge in [-0.05, 0) is 82.2 Å². The summed E-state index contributed by atoms with van der Waals surface area (Å²) in [6.07, 6.45) is 14.8. The summed E-state index contributed by atoms with van der Waals surface area (Å²) in [6, 6.07) is 33.9. The molecule has 0 unspecified atom stereocenters. The third-order valence-corrected chi connectivity index (χ3v) is 7.72. The molecule has 0 N–H and O–H groups in total. The Kier molecular flexibility index (Phi) is 5.67. The van der Waals surface area contributed by atoms with E-state index in [0.29, 0.717) is 0 Å². The van der Waals surface area contributed by atoms with E-state index in [4.69, 9.17) is 0 Å². The second-order valence-corrected chi connectivity index (χ2v) is 10.1. The maximum absolute atomic E-state index is 4.43. The van der Waals surface area contributed by atoms with Gasteiger partial charge in [0.2, 0.25) is 0 Å². The van der Waals surface area contributed by atoms with Crippen LogP contribution in [0.1, 0.15) is 0 Å². The van der Waals surface area contributed by atoms with Crippen molar-refractivity contribution in [3.63, 3.8) is 0 Å². The molecule has 42 heavy (non-hydrogen) atoms. The van der Waals surface area contributed by atoms with Crippen molar-refractivity contribution in [2.24, 2.45) is 0 Å². The SMILES string of the molecule is c1cncc(N(c2cccnc2)c2ccc3ccc4c(N(c5cccnc5)c5cccnc5)ccc5ccc2c3c54)c1. The first-order chi connectivity index (χ1) is 20.9. The summed E-state index contributed by atoms with van der Waals surface area (Å²) >= 11 is 0. The van der Waals surface area contributed by atoms with Gasteiger partial charge >= 0.3 is 0 Å². The molecule has 0 amide bonds. The van der Waals surface area contributed by atoms with Crippen LogP contribution in [0.3, 0.4) is 0 Å². The Morgan fingerprint density at radius 1 is 0.357 bits per heavy atom. The lowest BCUT2D eigenvalue weighted by molar-refractivity contribution is 1.21. The molecule has 0 radical (unpaired) electrons. The summed E-state index contributed by atoms with van der Waals surface area (Å²) in [5.41, 5.74) is 6.03. The highest BCUT2D eigenvalue weighted by atomic mass is 15.2. The third kappa shape index (κ3) is 3.89. The first kappa shape index (κ1) is 24.0.